The van der Waals surface area contributed by atoms with Crippen molar-refractivity contribution in [2.45, 2.75) is 45.2 Å². The van der Waals surface area contributed by atoms with Crippen LogP contribution >= 0.6 is 35.3 Å². The fourth-order valence-corrected chi connectivity index (χ4v) is 5.83. The van der Waals surface area contributed by atoms with Crippen molar-refractivity contribution in [3.8, 4) is 16.3 Å². The lowest BCUT2D eigenvalue weighted by Crippen LogP contribution is -2.37. The van der Waals surface area contributed by atoms with Crippen LogP contribution in [0.15, 0.2) is 42.5 Å². The molecule has 43 heavy (non-hydrogen) atoms. The molecule has 1 saturated heterocycles. The number of carboxylic acid groups (broad SMARTS) is 1. The first-order chi connectivity index (χ1) is 20.0. The molecule has 0 unspecified atom stereocenters. The number of piperidine rings is 1. The number of amides is 1. The van der Waals surface area contributed by atoms with E-state index in [-0.39, 0.29) is 58.7 Å². The van der Waals surface area contributed by atoms with Gasteiger partial charge in [0.05, 0.1) is 5.56 Å². The summed E-state index contributed by atoms with van der Waals surface area (Å²) in [6.45, 7) is 4.22. The standard InChI is InChI=1S/C29H32ClF3N4O4S.ClH/c1-2-3-11-37(27(40)21-5-4-6-22(30)17-21)28-35-34-26(42-28)20-7-8-24(23(18-20)29(31,32)33)41-15-14-36-12-9-19(10-13-36)16-25(38)39;/h4-8,17-19H,2-3,9-16H2,1H3,(H,38,39);1H. The molecule has 1 amide bonds. The van der Waals surface area contributed by atoms with Crippen LogP contribution < -0.4 is 9.64 Å². The third-order valence-electron chi connectivity index (χ3n) is 7.06. The van der Waals surface area contributed by atoms with E-state index in [4.69, 9.17) is 21.4 Å². The van der Waals surface area contributed by atoms with Gasteiger partial charge in [0.15, 0.2) is 0 Å². The lowest BCUT2D eigenvalue weighted by molar-refractivity contribution is -0.139. The topological polar surface area (TPSA) is 95.9 Å². The monoisotopic (exact) mass is 660 g/mol. The number of hydrogen-bond donors (Lipinski definition) is 1. The van der Waals surface area contributed by atoms with Crippen molar-refractivity contribution in [1.82, 2.24) is 15.1 Å². The Kier molecular flexibility index (Phi) is 12.6. The molecule has 14 heteroatoms. The van der Waals surface area contributed by atoms with E-state index in [1.165, 1.54) is 17.0 Å². The van der Waals surface area contributed by atoms with E-state index in [2.05, 4.69) is 15.1 Å². The molecule has 1 aliphatic rings. The third kappa shape index (κ3) is 9.53. The van der Waals surface area contributed by atoms with Crippen molar-refractivity contribution >= 4 is 52.4 Å². The summed E-state index contributed by atoms with van der Waals surface area (Å²) in [6.07, 6.45) is -1.53. The minimum absolute atomic E-state index is 0. The van der Waals surface area contributed by atoms with Crippen LogP contribution in [0.25, 0.3) is 10.6 Å². The van der Waals surface area contributed by atoms with Gasteiger partial charge in [-0.15, -0.1) is 22.6 Å². The van der Waals surface area contributed by atoms with Crippen LogP contribution in [0.4, 0.5) is 18.3 Å². The summed E-state index contributed by atoms with van der Waals surface area (Å²) in [7, 11) is 0. The number of rotatable bonds is 12. The molecule has 0 saturated carbocycles. The molecule has 0 radical (unpaired) electrons. The molecule has 1 aromatic heterocycles. The number of anilines is 1. The molecule has 0 spiro atoms. The van der Waals surface area contributed by atoms with Gasteiger partial charge in [0.2, 0.25) is 5.13 Å². The van der Waals surface area contributed by atoms with Gasteiger partial charge in [0.1, 0.15) is 17.4 Å². The van der Waals surface area contributed by atoms with Crippen LogP contribution in [0.2, 0.25) is 5.02 Å². The maximum Gasteiger partial charge on any atom is 0.419 e. The van der Waals surface area contributed by atoms with Gasteiger partial charge < -0.3 is 9.84 Å². The molecule has 8 nitrogen and oxygen atoms in total. The summed E-state index contributed by atoms with van der Waals surface area (Å²) in [4.78, 5) is 27.7. The van der Waals surface area contributed by atoms with Crippen LogP contribution in [0.1, 0.15) is 54.9 Å². The minimum atomic E-state index is -4.66. The maximum absolute atomic E-state index is 14.0. The molecule has 0 aliphatic carbocycles. The molecular formula is C29H33Cl2F3N4O4S. The highest BCUT2D eigenvalue weighted by atomic mass is 35.5. The van der Waals surface area contributed by atoms with Crippen LogP contribution in [0, 0.1) is 5.92 Å². The van der Waals surface area contributed by atoms with Crippen molar-refractivity contribution < 1.29 is 32.6 Å². The molecule has 2 aromatic carbocycles. The number of carboxylic acids is 1. The highest BCUT2D eigenvalue weighted by Crippen LogP contribution is 2.40. The highest BCUT2D eigenvalue weighted by Gasteiger charge is 2.35. The number of likely N-dealkylation sites (tertiary alicyclic amines) is 1. The number of benzene rings is 2. The summed E-state index contributed by atoms with van der Waals surface area (Å²) < 4.78 is 47.7. The normalized spacial score (nSPS) is 14.3. The maximum atomic E-state index is 14.0. The molecule has 0 bridgehead atoms. The minimum Gasteiger partial charge on any atom is -0.492 e. The predicted molar refractivity (Wildman–Crippen MR) is 163 cm³/mol. The van der Waals surface area contributed by atoms with E-state index in [0.29, 0.717) is 43.2 Å². The Bertz CT molecular complexity index is 1380. The van der Waals surface area contributed by atoms with E-state index in [0.717, 1.165) is 36.7 Å². The van der Waals surface area contributed by atoms with Crippen molar-refractivity contribution in [1.29, 1.82) is 0 Å². The number of carbonyl (C=O) groups is 2. The first-order valence-electron chi connectivity index (χ1n) is 13.7. The number of aliphatic carboxylic acids is 1. The number of carbonyl (C=O) groups excluding carboxylic acids is 1. The molecule has 3 aromatic rings. The van der Waals surface area contributed by atoms with Gasteiger partial charge in [-0.1, -0.05) is 42.3 Å². The lowest BCUT2D eigenvalue weighted by Gasteiger charge is -2.31. The van der Waals surface area contributed by atoms with E-state index < -0.39 is 17.7 Å². The largest absolute Gasteiger partial charge is 0.492 e. The smallest absolute Gasteiger partial charge is 0.419 e. The van der Waals surface area contributed by atoms with Crippen molar-refractivity contribution in [3.63, 3.8) is 0 Å². The Morgan fingerprint density at radius 2 is 1.91 bits per heavy atom. The van der Waals surface area contributed by atoms with Crippen LogP contribution in [0.5, 0.6) is 5.75 Å². The van der Waals surface area contributed by atoms with Gasteiger partial charge in [-0.25, -0.2) is 0 Å². The summed E-state index contributed by atoms with van der Waals surface area (Å²) in [6, 6.07) is 10.3. The number of ether oxygens (including phenoxy) is 1. The molecule has 2 heterocycles. The quantitative estimate of drug-likeness (QED) is 0.218. The van der Waals surface area contributed by atoms with Gasteiger partial charge in [0.25, 0.3) is 5.91 Å². The van der Waals surface area contributed by atoms with Crippen molar-refractivity contribution in [3.05, 3.63) is 58.6 Å². The molecule has 1 N–H and O–H groups in total. The van der Waals surface area contributed by atoms with Crippen LogP contribution in [-0.4, -0.2) is 64.9 Å². The Hall–Kier alpha value is -2.93. The molecular weight excluding hydrogens is 628 g/mol. The number of unbranched alkanes of at least 4 members (excludes halogenated alkanes) is 1. The van der Waals surface area contributed by atoms with Crippen molar-refractivity contribution in [2.75, 3.05) is 37.7 Å². The molecule has 1 aliphatic heterocycles. The van der Waals surface area contributed by atoms with Crippen LogP contribution in [0.3, 0.4) is 0 Å². The van der Waals surface area contributed by atoms with Gasteiger partial charge in [-0.2, -0.15) is 13.2 Å². The zero-order chi connectivity index (χ0) is 30.3. The van der Waals surface area contributed by atoms with Crippen LogP contribution in [-0.2, 0) is 11.0 Å². The Labute approximate surface area is 263 Å². The molecule has 4 rings (SSSR count). The van der Waals surface area contributed by atoms with E-state index in [9.17, 15) is 22.8 Å². The summed E-state index contributed by atoms with van der Waals surface area (Å²) >= 11 is 7.10. The van der Waals surface area contributed by atoms with E-state index >= 15 is 0 Å². The Morgan fingerprint density at radius 3 is 2.56 bits per heavy atom. The SMILES string of the molecule is CCCCN(C(=O)c1cccc(Cl)c1)c1nnc(-c2ccc(OCCN3CCC(CC(=O)O)CC3)c(C(F)(F)F)c2)s1.Cl. The predicted octanol–water partition coefficient (Wildman–Crippen LogP) is 7.31. The number of nitrogens with zero attached hydrogens (tertiary/aromatic N) is 4. The van der Waals surface area contributed by atoms with Gasteiger partial charge >= 0.3 is 12.1 Å². The van der Waals surface area contributed by atoms with Gasteiger partial charge in [-0.05, 0) is 74.7 Å². The highest BCUT2D eigenvalue weighted by molar-refractivity contribution is 7.18. The van der Waals surface area contributed by atoms with Crippen molar-refractivity contribution in [2.24, 2.45) is 5.92 Å². The average Bonchev–Trinajstić information content (AvgIpc) is 3.43. The van der Waals surface area contributed by atoms with Gasteiger partial charge in [0, 0.05) is 35.7 Å². The fraction of sp³-hybridized carbons (Fsp3) is 0.448. The summed E-state index contributed by atoms with van der Waals surface area (Å²) in [5, 5.41) is 18.1. The number of hydrogen-bond acceptors (Lipinski definition) is 7. The second kappa shape index (κ2) is 15.7. The Balaban J connectivity index is 0.00000506. The second-order valence-corrected chi connectivity index (χ2v) is 11.5. The van der Waals surface area contributed by atoms with Gasteiger partial charge in [-0.3, -0.25) is 19.4 Å². The first kappa shape index (κ1) is 34.6. The molecule has 0 atom stereocenters. The molecule has 234 valence electrons. The lowest BCUT2D eigenvalue weighted by atomic mass is 9.94. The fourth-order valence-electron chi connectivity index (χ4n) is 4.78. The summed E-state index contributed by atoms with van der Waals surface area (Å²) in [5.41, 5.74) is -0.333. The zero-order valence-corrected chi connectivity index (χ0v) is 25.9. The average molecular weight is 662 g/mol. The number of aromatic nitrogens is 2. The second-order valence-electron chi connectivity index (χ2n) is 10.2. The number of halogens is 5. The summed E-state index contributed by atoms with van der Waals surface area (Å²) in [5.74, 6) is -1.29. The molecule has 1 fully saturated rings. The Morgan fingerprint density at radius 1 is 1.16 bits per heavy atom. The third-order valence-corrected chi connectivity index (χ3v) is 8.30. The van der Waals surface area contributed by atoms with E-state index in [1.807, 2.05) is 6.92 Å². The first-order valence-corrected chi connectivity index (χ1v) is 14.9. The van der Waals surface area contributed by atoms with E-state index in [1.54, 1.807) is 24.3 Å². The zero-order valence-electron chi connectivity index (χ0n) is 23.5. The number of alkyl halides is 3.